The van der Waals surface area contributed by atoms with Gasteiger partial charge >= 0.3 is 11.9 Å². The topological polar surface area (TPSA) is 130 Å². The Morgan fingerprint density at radius 1 is 1.09 bits per heavy atom. The van der Waals surface area contributed by atoms with E-state index in [1.54, 1.807) is 61.5 Å². The maximum Gasteiger partial charge on any atom is 0.338 e. The second kappa shape index (κ2) is 12.5. The number of nitrogens with zero attached hydrogens (tertiary/aromatic N) is 2. The van der Waals surface area contributed by atoms with Crippen LogP contribution in [0.15, 0.2) is 80.1 Å². The molecule has 0 radical (unpaired) electrons. The van der Waals surface area contributed by atoms with Crippen molar-refractivity contribution in [1.82, 2.24) is 4.57 Å². The molecule has 1 aliphatic heterocycles. The first-order valence-electron chi connectivity index (χ1n) is 13.7. The third kappa shape index (κ3) is 5.63. The number of hydrogen-bond donors (Lipinski definition) is 1. The Bertz CT molecular complexity index is 1910. The van der Waals surface area contributed by atoms with Crippen molar-refractivity contribution >= 4 is 29.4 Å². The summed E-state index contributed by atoms with van der Waals surface area (Å²) in [7, 11) is 3.06. The SMILES string of the molecule is CCCC1=C(C(=O)OCC)[C@H](c2cc(OC)ccc2OC)n2c(s/c(=C\c3ccc(-c4ccccc4C(=O)O)o3)c2=O)=N1. The van der Waals surface area contributed by atoms with Crippen molar-refractivity contribution in [2.45, 2.75) is 32.7 Å². The molecule has 0 aliphatic carbocycles. The number of hydrogen-bond acceptors (Lipinski definition) is 9. The summed E-state index contributed by atoms with van der Waals surface area (Å²) in [6, 6.07) is 14.2. The number of aromatic carboxylic acids is 1. The Balaban J connectivity index is 1.72. The number of aromatic nitrogens is 1. The monoisotopic (exact) mass is 602 g/mol. The largest absolute Gasteiger partial charge is 0.497 e. The van der Waals surface area contributed by atoms with Gasteiger partial charge in [0, 0.05) is 17.2 Å². The normalized spacial score (nSPS) is 14.7. The van der Waals surface area contributed by atoms with Crippen LogP contribution in [0.3, 0.4) is 0 Å². The maximum absolute atomic E-state index is 14.1. The molecule has 0 amide bonds. The molecule has 43 heavy (non-hydrogen) atoms. The Morgan fingerprint density at radius 3 is 2.58 bits per heavy atom. The molecule has 0 saturated heterocycles. The lowest BCUT2D eigenvalue weighted by Gasteiger charge is -2.27. The Labute approximate surface area is 250 Å². The van der Waals surface area contributed by atoms with E-state index >= 15 is 0 Å². The number of benzene rings is 2. The second-order valence-corrected chi connectivity index (χ2v) is 10.6. The van der Waals surface area contributed by atoms with Crippen LogP contribution < -0.4 is 24.4 Å². The van der Waals surface area contributed by atoms with Gasteiger partial charge < -0.3 is 23.7 Å². The zero-order valence-corrected chi connectivity index (χ0v) is 24.9. The van der Waals surface area contributed by atoms with Crippen molar-refractivity contribution in [3.8, 4) is 22.8 Å². The number of carbonyl (C=O) groups excluding carboxylic acids is 1. The molecule has 5 rings (SSSR count). The van der Waals surface area contributed by atoms with Crippen LogP contribution in [0.1, 0.15) is 54.4 Å². The number of methoxy groups -OCH3 is 2. The van der Waals surface area contributed by atoms with Crippen molar-refractivity contribution in [1.29, 1.82) is 0 Å². The minimum absolute atomic E-state index is 0.102. The zero-order chi connectivity index (χ0) is 30.7. The molecule has 3 heterocycles. The number of fused-ring (bicyclic) bond motifs is 1. The van der Waals surface area contributed by atoms with Gasteiger partial charge in [-0.05, 0) is 49.7 Å². The van der Waals surface area contributed by atoms with Crippen LogP contribution in [0.5, 0.6) is 11.5 Å². The fourth-order valence-electron chi connectivity index (χ4n) is 5.06. The molecule has 222 valence electrons. The lowest BCUT2D eigenvalue weighted by atomic mass is 9.93. The summed E-state index contributed by atoms with van der Waals surface area (Å²) in [4.78, 5) is 44.4. The van der Waals surface area contributed by atoms with Crippen LogP contribution in [0.4, 0.5) is 0 Å². The second-order valence-electron chi connectivity index (χ2n) is 9.57. The number of carbonyl (C=O) groups is 2. The number of carboxylic acids is 1. The van der Waals surface area contributed by atoms with Crippen LogP contribution in [0.2, 0.25) is 0 Å². The summed E-state index contributed by atoms with van der Waals surface area (Å²) < 4.78 is 24.4. The summed E-state index contributed by atoms with van der Waals surface area (Å²) in [5.74, 6) is 0.0644. The van der Waals surface area contributed by atoms with Crippen molar-refractivity contribution in [2.24, 2.45) is 4.99 Å². The highest BCUT2D eigenvalue weighted by molar-refractivity contribution is 7.07. The molecule has 0 unspecified atom stereocenters. The smallest absolute Gasteiger partial charge is 0.338 e. The zero-order valence-electron chi connectivity index (χ0n) is 24.1. The first-order chi connectivity index (χ1) is 20.8. The number of furan rings is 1. The summed E-state index contributed by atoms with van der Waals surface area (Å²) in [6.07, 6.45) is 2.79. The standard InChI is InChI=1S/C32H30N2O8S/c1-5-9-23-27(31(38)41-6-2)28(22-16-18(39-3)12-14-24(22)40-4)34-29(35)26(43-32(34)33-23)17-19-13-15-25(42-19)20-10-7-8-11-21(20)30(36)37/h7-8,10-17,28H,5-6,9H2,1-4H3,(H,36,37)/b26-17-/t28-/m0/s1. The van der Waals surface area contributed by atoms with E-state index in [0.29, 0.717) is 62.0 Å². The van der Waals surface area contributed by atoms with Crippen LogP contribution >= 0.6 is 11.3 Å². The maximum atomic E-state index is 14.1. The molecule has 0 spiro atoms. The number of carboxylic acid groups (broad SMARTS) is 1. The van der Waals surface area contributed by atoms with Gasteiger partial charge in [-0.15, -0.1) is 0 Å². The number of allylic oxidation sites excluding steroid dienone is 1. The third-order valence-corrected chi connectivity index (χ3v) is 7.93. The first-order valence-corrected chi connectivity index (χ1v) is 14.5. The number of ether oxygens (including phenoxy) is 3. The molecule has 0 fully saturated rings. The van der Waals surface area contributed by atoms with E-state index in [1.165, 1.54) is 24.9 Å². The predicted molar refractivity (Wildman–Crippen MR) is 160 cm³/mol. The first kappa shape index (κ1) is 29.6. The Kier molecular flexibility index (Phi) is 8.63. The number of esters is 1. The summed E-state index contributed by atoms with van der Waals surface area (Å²) in [5, 5.41) is 9.59. The van der Waals surface area contributed by atoms with Crippen LogP contribution in [0.25, 0.3) is 17.4 Å². The van der Waals surface area contributed by atoms with E-state index < -0.39 is 18.0 Å². The average Bonchev–Trinajstić information content (AvgIpc) is 3.60. The van der Waals surface area contributed by atoms with Gasteiger partial charge in [-0.3, -0.25) is 9.36 Å². The van der Waals surface area contributed by atoms with Gasteiger partial charge in [-0.1, -0.05) is 42.9 Å². The Morgan fingerprint density at radius 2 is 1.88 bits per heavy atom. The lowest BCUT2D eigenvalue weighted by Crippen LogP contribution is -2.40. The molecule has 1 N–H and O–H groups in total. The van der Waals surface area contributed by atoms with Crippen molar-refractivity contribution in [3.63, 3.8) is 0 Å². The van der Waals surface area contributed by atoms with Crippen LogP contribution in [0, 0.1) is 0 Å². The molecule has 10 nitrogen and oxygen atoms in total. The molecule has 2 aromatic heterocycles. The summed E-state index contributed by atoms with van der Waals surface area (Å²) >= 11 is 1.16. The van der Waals surface area contributed by atoms with Crippen molar-refractivity contribution < 1.29 is 33.3 Å². The number of rotatable bonds is 10. The molecule has 1 aliphatic rings. The average molecular weight is 603 g/mol. The van der Waals surface area contributed by atoms with Gasteiger partial charge in [-0.25, -0.2) is 14.6 Å². The van der Waals surface area contributed by atoms with E-state index in [-0.39, 0.29) is 23.3 Å². The highest BCUT2D eigenvalue weighted by Gasteiger charge is 2.36. The minimum atomic E-state index is -1.07. The van der Waals surface area contributed by atoms with E-state index in [2.05, 4.69) is 0 Å². The molecular formula is C32H30N2O8S. The van der Waals surface area contributed by atoms with E-state index in [9.17, 15) is 19.5 Å². The molecule has 0 saturated carbocycles. The van der Waals surface area contributed by atoms with Gasteiger partial charge in [0.25, 0.3) is 5.56 Å². The van der Waals surface area contributed by atoms with Crippen molar-refractivity contribution in [2.75, 3.05) is 20.8 Å². The van der Waals surface area contributed by atoms with E-state index in [0.717, 1.165) is 11.3 Å². The predicted octanol–water partition coefficient (Wildman–Crippen LogP) is 4.55. The van der Waals surface area contributed by atoms with Gasteiger partial charge in [0.05, 0.1) is 42.2 Å². The summed E-state index contributed by atoms with van der Waals surface area (Å²) in [5.41, 5.74) is 1.48. The molecule has 1 atom stereocenters. The lowest BCUT2D eigenvalue weighted by molar-refractivity contribution is -0.139. The molecule has 0 bridgehead atoms. The molecule has 11 heteroatoms. The molecular weight excluding hydrogens is 572 g/mol. The number of thiazole rings is 1. The molecule has 4 aromatic rings. The fraction of sp³-hybridized carbons (Fsp3) is 0.250. The van der Waals surface area contributed by atoms with Gasteiger partial charge in [0.2, 0.25) is 0 Å². The summed E-state index contributed by atoms with van der Waals surface area (Å²) in [6.45, 7) is 3.86. The fourth-order valence-corrected chi connectivity index (χ4v) is 6.06. The van der Waals surface area contributed by atoms with E-state index in [4.69, 9.17) is 23.6 Å². The van der Waals surface area contributed by atoms with Crippen molar-refractivity contribution in [3.05, 3.63) is 102 Å². The van der Waals surface area contributed by atoms with Crippen LogP contribution in [-0.2, 0) is 9.53 Å². The quantitative estimate of drug-likeness (QED) is 0.262. The van der Waals surface area contributed by atoms with Crippen LogP contribution in [-0.4, -0.2) is 42.4 Å². The minimum Gasteiger partial charge on any atom is -0.497 e. The Hall–Kier alpha value is -4.90. The highest BCUT2D eigenvalue weighted by Crippen LogP contribution is 2.38. The van der Waals surface area contributed by atoms with Gasteiger partial charge in [-0.2, -0.15) is 0 Å². The highest BCUT2D eigenvalue weighted by atomic mass is 32.1. The van der Waals surface area contributed by atoms with Gasteiger partial charge in [0.1, 0.15) is 29.1 Å². The van der Waals surface area contributed by atoms with Gasteiger partial charge in [0.15, 0.2) is 4.80 Å². The molecule has 2 aromatic carbocycles. The third-order valence-electron chi connectivity index (χ3n) is 6.95. The van der Waals surface area contributed by atoms with E-state index in [1.807, 2.05) is 6.92 Å².